The average molecular weight is 336 g/mol. The normalized spacial score (nSPS) is 14.2. The van der Waals surface area contributed by atoms with Crippen LogP contribution >= 0.6 is 0 Å². The second-order valence-corrected chi connectivity index (χ2v) is 5.49. The van der Waals surface area contributed by atoms with Crippen LogP contribution in [0.25, 0.3) is 0 Å². The van der Waals surface area contributed by atoms with Gasteiger partial charge in [-0.25, -0.2) is 4.98 Å². The van der Waals surface area contributed by atoms with E-state index >= 15 is 0 Å². The van der Waals surface area contributed by atoms with E-state index in [1.807, 2.05) is 0 Å². The first-order valence-electron chi connectivity index (χ1n) is 7.73. The van der Waals surface area contributed by atoms with Crippen LogP contribution in [-0.2, 0) is 4.79 Å². The first kappa shape index (κ1) is 16.5. The summed E-state index contributed by atoms with van der Waals surface area (Å²) in [6, 6.07) is 12.2. The van der Waals surface area contributed by atoms with Gasteiger partial charge >= 0.3 is 0 Å². The number of para-hydroxylation sites is 1. The van der Waals surface area contributed by atoms with E-state index in [9.17, 15) is 14.9 Å². The van der Waals surface area contributed by atoms with Crippen LogP contribution in [0, 0.1) is 11.3 Å². The summed E-state index contributed by atoms with van der Waals surface area (Å²) in [7, 11) is 1.48. The quantitative estimate of drug-likeness (QED) is 0.847. The molecule has 1 aliphatic heterocycles. The monoisotopic (exact) mass is 336 g/mol. The molecule has 0 radical (unpaired) electrons. The maximum Gasteiger partial charge on any atom is 0.254 e. The maximum atomic E-state index is 12.6. The highest BCUT2D eigenvalue weighted by atomic mass is 16.5. The van der Waals surface area contributed by atoms with Crippen molar-refractivity contribution < 1.29 is 14.3 Å². The number of rotatable bonds is 3. The molecule has 2 amide bonds. The molecule has 126 valence electrons. The highest BCUT2D eigenvalue weighted by molar-refractivity contribution is 6.02. The summed E-state index contributed by atoms with van der Waals surface area (Å²) in [5.41, 5.74) is 1.44. The number of amides is 2. The minimum Gasteiger partial charge on any atom is -0.481 e. The Kier molecular flexibility index (Phi) is 4.61. The lowest BCUT2D eigenvalue weighted by atomic mass is 10.1. The molecule has 1 saturated heterocycles. The lowest BCUT2D eigenvalue weighted by Crippen LogP contribution is -2.52. The molecule has 2 aromatic rings. The van der Waals surface area contributed by atoms with Crippen LogP contribution in [0.15, 0.2) is 42.6 Å². The van der Waals surface area contributed by atoms with Crippen LogP contribution in [0.4, 0.5) is 5.69 Å². The summed E-state index contributed by atoms with van der Waals surface area (Å²) >= 11 is 0. The number of ether oxygens (including phenoxy) is 1. The number of hydrogen-bond donors (Lipinski definition) is 0. The van der Waals surface area contributed by atoms with Gasteiger partial charge in [-0.2, -0.15) is 5.26 Å². The van der Waals surface area contributed by atoms with Crippen molar-refractivity contribution in [1.29, 1.82) is 5.26 Å². The largest absolute Gasteiger partial charge is 0.481 e. The van der Waals surface area contributed by atoms with Crippen LogP contribution in [0.2, 0.25) is 0 Å². The van der Waals surface area contributed by atoms with Crippen molar-refractivity contribution >= 4 is 17.5 Å². The maximum absolute atomic E-state index is 12.6. The Morgan fingerprint density at radius 3 is 2.80 bits per heavy atom. The second kappa shape index (κ2) is 7.01. The number of piperazine rings is 1. The number of aromatic nitrogens is 1. The molecule has 2 heterocycles. The highest BCUT2D eigenvalue weighted by Gasteiger charge is 2.29. The van der Waals surface area contributed by atoms with Crippen molar-refractivity contribution in [3.05, 3.63) is 53.7 Å². The molecule has 25 heavy (non-hydrogen) atoms. The minimum atomic E-state index is -0.248. The molecular weight excluding hydrogens is 320 g/mol. The number of nitrogens with zero attached hydrogens (tertiary/aromatic N) is 4. The minimum absolute atomic E-state index is 0.0385. The number of carbonyl (C=O) groups excluding carboxylic acids is 2. The van der Waals surface area contributed by atoms with E-state index in [1.54, 1.807) is 41.3 Å². The van der Waals surface area contributed by atoms with Gasteiger partial charge in [-0.1, -0.05) is 12.1 Å². The van der Waals surface area contributed by atoms with Crippen LogP contribution < -0.4 is 9.64 Å². The zero-order valence-electron chi connectivity index (χ0n) is 13.7. The van der Waals surface area contributed by atoms with E-state index in [-0.39, 0.29) is 18.4 Å². The van der Waals surface area contributed by atoms with E-state index < -0.39 is 0 Å². The number of methoxy groups -OCH3 is 1. The summed E-state index contributed by atoms with van der Waals surface area (Å²) < 4.78 is 5.03. The average Bonchev–Trinajstić information content (AvgIpc) is 2.67. The Morgan fingerprint density at radius 2 is 2.08 bits per heavy atom. The summed E-state index contributed by atoms with van der Waals surface area (Å²) in [5.74, 6) is -0.121. The summed E-state index contributed by atoms with van der Waals surface area (Å²) in [4.78, 5) is 32.1. The molecule has 0 unspecified atom stereocenters. The molecule has 0 N–H and O–H groups in total. The van der Waals surface area contributed by atoms with Gasteiger partial charge in [0.2, 0.25) is 11.8 Å². The summed E-state index contributed by atoms with van der Waals surface area (Å²) in [6.07, 6.45) is 1.49. The fraction of sp³-hybridized carbons (Fsp3) is 0.222. The standard InChI is InChI=1S/C18H16N4O3/c1-25-16-10-13(6-7-20-16)18(24)21-8-9-22(17(23)12-21)15-5-3-2-4-14(15)11-19/h2-7,10H,8-9,12H2,1H3. The fourth-order valence-corrected chi connectivity index (χ4v) is 2.74. The molecule has 0 spiro atoms. The number of nitriles is 1. The Labute approximate surface area is 145 Å². The van der Waals surface area contributed by atoms with E-state index in [0.29, 0.717) is 35.8 Å². The van der Waals surface area contributed by atoms with Crippen LogP contribution in [0.3, 0.4) is 0 Å². The lowest BCUT2D eigenvalue weighted by Gasteiger charge is -2.34. The molecule has 0 aliphatic carbocycles. The predicted octanol–water partition coefficient (Wildman–Crippen LogP) is 1.45. The highest BCUT2D eigenvalue weighted by Crippen LogP contribution is 2.22. The van der Waals surface area contributed by atoms with Crippen molar-refractivity contribution in [2.24, 2.45) is 0 Å². The number of hydrogen-bond acceptors (Lipinski definition) is 5. The van der Waals surface area contributed by atoms with Crippen molar-refractivity contribution in [3.63, 3.8) is 0 Å². The molecule has 3 rings (SSSR count). The lowest BCUT2D eigenvalue weighted by molar-refractivity contribution is -0.120. The van der Waals surface area contributed by atoms with Gasteiger partial charge in [0, 0.05) is 30.9 Å². The first-order chi connectivity index (χ1) is 12.1. The molecule has 1 aromatic heterocycles. The third-order valence-electron chi connectivity index (χ3n) is 4.01. The molecule has 1 fully saturated rings. The molecule has 0 saturated carbocycles. The van der Waals surface area contributed by atoms with Gasteiger partial charge in [0.05, 0.1) is 18.4 Å². The predicted molar refractivity (Wildman–Crippen MR) is 90.2 cm³/mol. The third-order valence-corrected chi connectivity index (χ3v) is 4.01. The van der Waals surface area contributed by atoms with Crippen LogP contribution in [0.1, 0.15) is 15.9 Å². The van der Waals surface area contributed by atoms with Crippen molar-refractivity contribution in [2.75, 3.05) is 31.6 Å². The van der Waals surface area contributed by atoms with Crippen molar-refractivity contribution in [2.45, 2.75) is 0 Å². The van der Waals surface area contributed by atoms with Gasteiger partial charge in [0.25, 0.3) is 5.91 Å². The van der Waals surface area contributed by atoms with E-state index in [2.05, 4.69) is 11.1 Å². The zero-order valence-corrected chi connectivity index (χ0v) is 13.7. The molecule has 7 nitrogen and oxygen atoms in total. The second-order valence-electron chi connectivity index (χ2n) is 5.49. The van der Waals surface area contributed by atoms with Crippen LogP contribution in [-0.4, -0.2) is 48.4 Å². The molecule has 0 bridgehead atoms. The van der Waals surface area contributed by atoms with Gasteiger partial charge in [-0.15, -0.1) is 0 Å². The van der Waals surface area contributed by atoms with Gasteiger partial charge in [0.1, 0.15) is 12.6 Å². The Hall–Kier alpha value is -3.40. The molecule has 1 aromatic carbocycles. The number of carbonyl (C=O) groups is 2. The fourth-order valence-electron chi connectivity index (χ4n) is 2.74. The Bertz CT molecular complexity index is 859. The first-order valence-corrected chi connectivity index (χ1v) is 7.73. The Morgan fingerprint density at radius 1 is 1.28 bits per heavy atom. The topological polar surface area (TPSA) is 86.5 Å². The summed E-state index contributed by atoms with van der Waals surface area (Å²) in [5, 5.41) is 9.20. The number of benzene rings is 1. The number of pyridine rings is 1. The smallest absolute Gasteiger partial charge is 0.254 e. The molecule has 1 aliphatic rings. The molecule has 0 atom stereocenters. The summed E-state index contributed by atoms with van der Waals surface area (Å²) in [6.45, 7) is 0.684. The van der Waals surface area contributed by atoms with Crippen molar-refractivity contribution in [3.8, 4) is 11.9 Å². The van der Waals surface area contributed by atoms with E-state index in [4.69, 9.17) is 4.74 Å². The van der Waals surface area contributed by atoms with Crippen LogP contribution in [0.5, 0.6) is 5.88 Å². The van der Waals surface area contributed by atoms with Gasteiger partial charge < -0.3 is 14.5 Å². The van der Waals surface area contributed by atoms with Gasteiger partial charge in [-0.3, -0.25) is 9.59 Å². The number of anilines is 1. The van der Waals surface area contributed by atoms with E-state index in [0.717, 1.165) is 0 Å². The Balaban J connectivity index is 1.76. The SMILES string of the molecule is COc1cc(C(=O)N2CCN(c3ccccc3C#N)C(=O)C2)ccn1. The molecule has 7 heteroatoms. The van der Waals surface area contributed by atoms with Gasteiger partial charge in [0.15, 0.2) is 0 Å². The zero-order chi connectivity index (χ0) is 17.8. The van der Waals surface area contributed by atoms with Gasteiger partial charge in [-0.05, 0) is 18.2 Å². The van der Waals surface area contributed by atoms with E-state index in [1.165, 1.54) is 18.2 Å². The third kappa shape index (κ3) is 3.28. The molecular formula is C18H16N4O3. The van der Waals surface area contributed by atoms with Crippen molar-refractivity contribution in [1.82, 2.24) is 9.88 Å².